The molecule has 6 heteroatoms. The van der Waals surface area contributed by atoms with Crippen LogP contribution in [0.25, 0.3) is 16.9 Å². The zero-order valence-electron chi connectivity index (χ0n) is 7.07. The van der Waals surface area contributed by atoms with Crippen LogP contribution in [0.3, 0.4) is 0 Å². The number of fused-ring (bicyclic) bond motifs is 3. The summed E-state index contributed by atoms with van der Waals surface area (Å²) in [6, 6.07) is 0. The van der Waals surface area contributed by atoms with Crippen molar-refractivity contribution in [2.75, 3.05) is 5.75 Å². The summed E-state index contributed by atoms with van der Waals surface area (Å²) in [4.78, 5) is 13.4. The predicted octanol–water partition coefficient (Wildman–Crippen LogP) is 1.54. The molecule has 1 N–H and O–H groups in total. The van der Waals surface area contributed by atoms with E-state index in [-0.39, 0.29) is 0 Å². The van der Waals surface area contributed by atoms with Gasteiger partial charge in [-0.25, -0.2) is 0 Å². The summed E-state index contributed by atoms with van der Waals surface area (Å²) in [5, 5.41) is 1.18. The fraction of sp³-hybridized carbons (Fsp3) is 0.125. The van der Waals surface area contributed by atoms with Gasteiger partial charge in [-0.1, -0.05) is 27.7 Å². The van der Waals surface area contributed by atoms with E-state index in [2.05, 4.69) is 35.4 Å². The highest BCUT2D eigenvalue weighted by Gasteiger charge is 2.26. The molecule has 3 heterocycles. The quantitative estimate of drug-likeness (QED) is 0.583. The average Bonchev–Trinajstić information content (AvgIpc) is 2.82. The first-order chi connectivity index (χ1) is 6.90. The van der Waals surface area contributed by atoms with Crippen molar-refractivity contribution in [3.63, 3.8) is 0 Å². The number of halogens is 1. The molecule has 0 aliphatic carbocycles. The molecule has 2 aromatic heterocycles. The third-order valence-electron chi connectivity index (χ3n) is 2.14. The van der Waals surface area contributed by atoms with E-state index in [4.69, 9.17) is 0 Å². The second kappa shape index (κ2) is 3.06. The first-order valence-corrected chi connectivity index (χ1v) is 5.96. The number of nitrogens with one attached hydrogen (secondary N) is 1. The molecule has 0 unspecified atom stereocenters. The summed E-state index contributed by atoms with van der Waals surface area (Å²) in [6.07, 6.45) is 3.49. The van der Waals surface area contributed by atoms with E-state index >= 15 is 0 Å². The normalized spacial score (nSPS) is 17.9. The third kappa shape index (κ3) is 1.04. The zero-order valence-corrected chi connectivity index (χ0v) is 9.47. The van der Waals surface area contributed by atoms with Gasteiger partial charge in [0.15, 0.2) is 10.5 Å². The molecule has 0 saturated heterocycles. The van der Waals surface area contributed by atoms with Gasteiger partial charge >= 0.3 is 0 Å². The van der Waals surface area contributed by atoms with E-state index in [0.717, 1.165) is 16.9 Å². The van der Waals surface area contributed by atoms with Gasteiger partial charge in [-0.3, -0.25) is 0 Å². The Hall–Kier alpha value is -0.880. The summed E-state index contributed by atoms with van der Waals surface area (Å²) in [5.74, 6) is 0.963. The fourth-order valence-electron chi connectivity index (χ4n) is 1.47. The monoisotopic (exact) mass is 269 g/mol. The van der Waals surface area contributed by atoms with E-state index in [1.54, 1.807) is 18.1 Å². The van der Waals surface area contributed by atoms with E-state index in [1.807, 2.05) is 11.3 Å². The van der Waals surface area contributed by atoms with E-state index < -0.39 is 0 Å². The van der Waals surface area contributed by atoms with E-state index in [1.165, 1.54) is 10.7 Å². The third-order valence-corrected chi connectivity index (χ3v) is 3.78. The number of hydrogen-bond acceptors (Lipinski definition) is 3. The Kier molecular flexibility index (Phi) is 1.84. The number of H-pyrrole nitrogens is 1. The minimum absolute atomic E-state index is 0.777. The van der Waals surface area contributed by atoms with Crippen molar-refractivity contribution >= 4 is 44.6 Å². The van der Waals surface area contributed by atoms with Gasteiger partial charge in [0, 0.05) is 4.99 Å². The molecule has 2 aromatic rings. The summed E-state index contributed by atoms with van der Waals surface area (Å²) in [6.45, 7) is 0. The van der Waals surface area contributed by atoms with Crippen molar-refractivity contribution in [3.8, 4) is 0 Å². The molecule has 4 nitrogen and oxygen atoms in total. The van der Waals surface area contributed by atoms with Crippen LogP contribution in [-0.2, 0) is 0 Å². The topological polar surface area (TPSA) is 45.5 Å². The van der Waals surface area contributed by atoms with Gasteiger partial charge in [-0.05, 0) is 4.98 Å². The second-order valence-corrected chi connectivity index (χ2v) is 4.33. The van der Waals surface area contributed by atoms with Gasteiger partial charge in [0.05, 0.1) is 12.1 Å². The molecule has 0 spiro atoms. The molecular weight excluding hydrogens is 264 g/mol. The van der Waals surface area contributed by atoms with Gasteiger partial charge in [0.1, 0.15) is 5.70 Å². The van der Waals surface area contributed by atoms with Gasteiger partial charge in [0.2, 0.25) is 0 Å². The molecular formula is C8H6BrN4S+. The van der Waals surface area contributed by atoms with Crippen molar-refractivity contribution in [2.24, 2.45) is 0 Å². The minimum atomic E-state index is 0.777. The molecule has 0 radical (unpaired) electrons. The molecule has 1 aliphatic rings. The van der Waals surface area contributed by atoms with Gasteiger partial charge < -0.3 is 4.98 Å². The first kappa shape index (κ1) is 8.43. The maximum atomic E-state index is 4.26. The Morgan fingerprint density at radius 2 is 2.50 bits per heavy atom. The van der Waals surface area contributed by atoms with Crippen LogP contribution in [0, 0.1) is 0 Å². The Morgan fingerprint density at radius 1 is 1.57 bits per heavy atom. The van der Waals surface area contributed by atoms with Crippen LogP contribution in [0.2, 0.25) is 0 Å². The van der Waals surface area contributed by atoms with E-state index in [9.17, 15) is 0 Å². The Bertz CT molecular complexity index is 533. The van der Waals surface area contributed by atoms with Crippen molar-refractivity contribution < 1.29 is 4.57 Å². The zero-order chi connectivity index (χ0) is 9.54. The van der Waals surface area contributed by atoms with Crippen molar-refractivity contribution in [2.45, 2.75) is 5.03 Å². The van der Waals surface area contributed by atoms with Crippen LogP contribution in [0.1, 0.15) is 0 Å². The van der Waals surface area contributed by atoms with Crippen molar-refractivity contribution in [3.05, 3.63) is 17.6 Å². The first-order valence-electron chi connectivity index (χ1n) is 4.06. The number of aromatic nitrogens is 4. The highest BCUT2D eigenvalue weighted by atomic mass is 79.9. The summed E-state index contributed by atoms with van der Waals surface area (Å²) in [5.41, 5.74) is 3.00. The molecule has 3 rings (SSSR count). The van der Waals surface area contributed by atoms with Gasteiger partial charge in [-0.15, -0.1) is 0 Å². The highest BCUT2D eigenvalue weighted by molar-refractivity contribution is 9.11. The Labute approximate surface area is 92.6 Å². The SMILES string of the molecule is Br/C=C1\CSc2c3[nH]cnc3nc[n+]21. The van der Waals surface area contributed by atoms with Crippen LogP contribution < -0.4 is 4.57 Å². The molecule has 14 heavy (non-hydrogen) atoms. The van der Waals surface area contributed by atoms with Gasteiger partial charge in [0.25, 0.3) is 12.0 Å². The molecule has 0 atom stereocenters. The highest BCUT2D eigenvalue weighted by Crippen LogP contribution is 2.29. The van der Waals surface area contributed by atoms with Crippen LogP contribution in [0.4, 0.5) is 0 Å². The van der Waals surface area contributed by atoms with Gasteiger partial charge in [-0.2, -0.15) is 9.55 Å². The molecule has 0 aromatic carbocycles. The minimum Gasteiger partial charge on any atom is -0.337 e. The number of aromatic amines is 1. The number of rotatable bonds is 0. The number of hydrogen-bond donors (Lipinski definition) is 1. The molecule has 0 bridgehead atoms. The lowest BCUT2D eigenvalue weighted by atomic mass is 10.5. The predicted molar refractivity (Wildman–Crippen MR) is 58.0 cm³/mol. The molecule has 70 valence electrons. The average molecular weight is 270 g/mol. The number of imidazole rings is 1. The Morgan fingerprint density at radius 3 is 3.36 bits per heavy atom. The second-order valence-electron chi connectivity index (χ2n) is 2.91. The molecule has 0 fully saturated rings. The van der Waals surface area contributed by atoms with Crippen LogP contribution >= 0.6 is 27.7 Å². The standard InChI is InChI=1S/C8H5BrN4S/c9-1-5-2-14-8-6-7(11-3-10-6)12-4-13(5)8/h1,3-4H,2H2/p+1/b5-1+. The van der Waals surface area contributed by atoms with Crippen LogP contribution in [-0.4, -0.2) is 20.7 Å². The molecule has 0 amide bonds. The van der Waals surface area contributed by atoms with Crippen molar-refractivity contribution in [1.29, 1.82) is 0 Å². The maximum absolute atomic E-state index is 4.26. The summed E-state index contributed by atoms with van der Waals surface area (Å²) >= 11 is 5.14. The van der Waals surface area contributed by atoms with Crippen LogP contribution in [0.15, 0.2) is 22.7 Å². The van der Waals surface area contributed by atoms with Crippen LogP contribution in [0.5, 0.6) is 0 Å². The lowest BCUT2D eigenvalue weighted by molar-refractivity contribution is -0.619. The summed E-state index contributed by atoms with van der Waals surface area (Å²) in [7, 11) is 0. The smallest absolute Gasteiger partial charge is 0.296 e. The summed E-state index contributed by atoms with van der Waals surface area (Å²) < 4.78 is 2.07. The lowest BCUT2D eigenvalue weighted by Gasteiger charge is -1.93. The lowest BCUT2D eigenvalue weighted by Crippen LogP contribution is -2.31. The largest absolute Gasteiger partial charge is 0.337 e. The molecule has 1 aliphatic heterocycles. The number of thioether (sulfide) groups is 1. The van der Waals surface area contributed by atoms with Crippen molar-refractivity contribution in [1.82, 2.24) is 15.0 Å². The number of nitrogens with zero attached hydrogens (tertiary/aromatic N) is 3. The Balaban J connectivity index is 2.38. The molecule has 0 saturated carbocycles. The van der Waals surface area contributed by atoms with E-state index in [0.29, 0.717) is 0 Å². The fourth-order valence-corrected chi connectivity index (χ4v) is 3.17. The maximum Gasteiger partial charge on any atom is 0.296 e.